The Labute approximate surface area is 189 Å². The summed E-state index contributed by atoms with van der Waals surface area (Å²) in [5.41, 5.74) is 2.33. The van der Waals surface area contributed by atoms with Gasteiger partial charge >= 0.3 is 0 Å². The van der Waals surface area contributed by atoms with Crippen molar-refractivity contribution in [3.63, 3.8) is 0 Å². The largest absolute Gasteiger partial charge is 0.487 e. The van der Waals surface area contributed by atoms with E-state index in [9.17, 15) is 9.59 Å². The molecule has 4 rings (SSSR count). The third-order valence-electron chi connectivity index (χ3n) is 4.67. The van der Waals surface area contributed by atoms with Gasteiger partial charge in [0.15, 0.2) is 6.61 Å². The third kappa shape index (κ3) is 5.07. The molecule has 4 aromatic rings. The molecule has 0 fully saturated rings. The van der Waals surface area contributed by atoms with Gasteiger partial charge in [0.2, 0.25) is 0 Å². The van der Waals surface area contributed by atoms with Gasteiger partial charge in [-0.15, -0.1) is 0 Å². The van der Waals surface area contributed by atoms with Crippen LogP contribution >= 0.6 is 11.6 Å². The smallest absolute Gasteiger partial charge is 0.262 e. The molecule has 2 aromatic heterocycles. The lowest BCUT2D eigenvalue weighted by molar-refractivity contribution is -0.118. The SMILES string of the molecule is Cc1ccc(NC(=O)COc2ccccc2Cl)cc1OCc1cc(=O)n2ccccc2n1. The number of rotatable bonds is 7. The highest BCUT2D eigenvalue weighted by atomic mass is 35.5. The van der Waals surface area contributed by atoms with E-state index in [2.05, 4.69) is 10.3 Å². The molecule has 0 aliphatic carbocycles. The van der Waals surface area contributed by atoms with Crippen molar-refractivity contribution >= 4 is 28.8 Å². The van der Waals surface area contributed by atoms with Crippen LogP contribution in [0.5, 0.6) is 11.5 Å². The molecule has 2 aromatic carbocycles. The molecule has 162 valence electrons. The van der Waals surface area contributed by atoms with E-state index in [1.54, 1.807) is 54.7 Å². The predicted molar refractivity (Wildman–Crippen MR) is 123 cm³/mol. The number of fused-ring (bicyclic) bond motifs is 1. The van der Waals surface area contributed by atoms with Gasteiger partial charge in [-0.3, -0.25) is 14.0 Å². The van der Waals surface area contributed by atoms with E-state index in [1.807, 2.05) is 19.1 Å². The number of ether oxygens (including phenoxy) is 2. The summed E-state index contributed by atoms with van der Waals surface area (Å²) >= 11 is 6.03. The highest BCUT2D eigenvalue weighted by Crippen LogP contribution is 2.25. The fourth-order valence-corrected chi connectivity index (χ4v) is 3.25. The summed E-state index contributed by atoms with van der Waals surface area (Å²) < 4.78 is 12.8. The number of para-hydroxylation sites is 1. The van der Waals surface area contributed by atoms with Gasteiger partial charge in [-0.25, -0.2) is 4.98 Å². The maximum atomic E-state index is 12.3. The molecule has 0 aliphatic heterocycles. The van der Waals surface area contributed by atoms with Crippen LogP contribution < -0.4 is 20.3 Å². The fourth-order valence-electron chi connectivity index (χ4n) is 3.06. The minimum Gasteiger partial charge on any atom is -0.487 e. The number of benzene rings is 2. The van der Waals surface area contributed by atoms with Crippen LogP contribution in [-0.4, -0.2) is 21.9 Å². The number of pyridine rings is 1. The molecule has 32 heavy (non-hydrogen) atoms. The zero-order chi connectivity index (χ0) is 22.5. The van der Waals surface area contributed by atoms with Crippen molar-refractivity contribution in [1.29, 1.82) is 0 Å². The van der Waals surface area contributed by atoms with Gasteiger partial charge in [-0.05, 0) is 42.8 Å². The number of hydrogen-bond acceptors (Lipinski definition) is 5. The van der Waals surface area contributed by atoms with E-state index >= 15 is 0 Å². The molecule has 0 unspecified atom stereocenters. The Kier molecular flexibility index (Phi) is 6.37. The Bertz CT molecular complexity index is 1340. The number of aromatic nitrogens is 2. The van der Waals surface area contributed by atoms with Crippen LogP contribution in [0, 0.1) is 6.92 Å². The number of nitrogens with zero attached hydrogens (tertiary/aromatic N) is 2. The number of carbonyl (C=O) groups is 1. The molecule has 0 atom stereocenters. The average Bonchev–Trinajstić information content (AvgIpc) is 2.79. The molecule has 0 spiro atoms. The van der Waals surface area contributed by atoms with E-state index < -0.39 is 0 Å². The summed E-state index contributed by atoms with van der Waals surface area (Å²) in [5.74, 6) is 0.685. The van der Waals surface area contributed by atoms with E-state index in [-0.39, 0.29) is 24.7 Å². The Morgan fingerprint density at radius 2 is 1.84 bits per heavy atom. The lowest BCUT2D eigenvalue weighted by atomic mass is 10.2. The van der Waals surface area contributed by atoms with E-state index in [0.29, 0.717) is 33.6 Å². The minimum absolute atomic E-state index is 0.120. The van der Waals surface area contributed by atoms with E-state index in [1.165, 1.54) is 10.5 Å². The van der Waals surface area contributed by atoms with Crippen molar-refractivity contribution in [2.75, 3.05) is 11.9 Å². The summed E-state index contributed by atoms with van der Waals surface area (Å²) in [4.78, 5) is 29.0. The van der Waals surface area contributed by atoms with Crippen molar-refractivity contribution < 1.29 is 14.3 Å². The van der Waals surface area contributed by atoms with Gasteiger partial charge in [0, 0.05) is 24.0 Å². The van der Waals surface area contributed by atoms with Crippen molar-refractivity contribution in [1.82, 2.24) is 9.38 Å². The molecule has 0 saturated heterocycles. The first kappa shape index (κ1) is 21.4. The lowest BCUT2D eigenvalue weighted by Gasteiger charge is -2.12. The second-order valence-electron chi connectivity index (χ2n) is 7.05. The summed E-state index contributed by atoms with van der Waals surface area (Å²) in [6.07, 6.45) is 1.67. The molecule has 2 heterocycles. The number of amides is 1. The molecule has 7 nitrogen and oxygen atoms in total. The van der Waals surface area contributed by atoms with Crippen molar-refractivity contribution in [2.45, 2.75) is 13.5 Å². The van der Waals surface area contributed by atoms with Gasteiger partial charge < -0.3 is 14.8 Å². The van der Waals surface area contributed by atoms with Crippen LogP contribution in [0.2, 0.25) is 5.02 Å². The Morgan fingerprint density at radius 1 is 1.03 bits per heavy atom. The zero-order valence-corrected chi connectivity index (χ0v) is 18.0. The van der Waals surface area contributed by atoms with Crippen LogP contribution in [0.1, 0.15) is 11.3 Å². The number of hydrogen-bond donors (Lipinski definition) is 1. The number of anilines is 1. The lowest BCUT2D eigenvalue weighted by Crippen LogP contribution is -2.20. The number of halogens is 1. The summed E-state index contributed by atoms with van der Waals surface area (Å²) in [5, 5.41) is 3.21. The molecule has 1 N–H and O–H groups in total. The van der Waals surface area contributed by atoms with E-state index in [0.717, 1.165) is 5.56 Å². The van der Waals surface area contributed by atoms with Crippen LogP contribution in [0.15, 0.2) is 77.7 Å². The van der Waals surface area contributed by atoms with Crippen molar-refractivity contribution in [2.24, 2.45) is 0 Å². The molecule has 1 amide bonds. The first-order valence-electron chi connectivity index (χ1n) is 9.87. The maximum absolute atomic E-state index is 12.3. The Hall–Kier alpha value is -3.84. The molecule has 0 aliphatic rings. The fraction of sp³-hybridized carbons (Fsp3) is 0.125. The van der Waals surface area contributed by atoms with Gasteiger partial charge in [0.25, 0.3) is 11.5 Å². The van der Waals surface area contributed by atoms with Crippen LogP contribution in [-0.2, 0) is 11.4 Å². The van der Waals surface area contributed by atoms with Crippen LogP contribution in [0.3, 0.4) is 0 Å². The summed E-state index contributed by atoms with van der Waals surface area (Å²) in [6, 6.07) is 19.1. The quantitative estimate of drug-likeness (QED) is 0.456. The van der Waals surface area contributed by atoms with Gasteiger partial charge in [0.1, 0.15) is 23.8 Å². The Balaban J connectivity index is 1.41. The highest BCUT2D eigenvalue weighted by molar-refractivity contribution is 6.32. The van der Waals surface area contributed by atoms with E-state index in [4.69, 9.17) is 21.1 Å². The van der Waals surface area contributed by atoms with Gasteiger partial charge in [0.05, 0.1) is 10.7 Å². The zero-order valence-electron chi connectivity index (χ0n) is 17.2. The number of carbonyl (C=O) groups excluding carboxylic acids is 1. The number of aryl methyl sites for hydroxylation is 1. The molecule has 0 bridgehead atoms. The van der Waals surface area contributed by atoms with Crippen LogP contribution in [0.25, 0.3) is 5.65 Å². The molecule has 8 heteroatoms. The normalized spacial score (nSPS) is 10.7. The third-order valence-corrected chi connectivity index (χ3v) is 4.98. The average molecular weight is 450 g/mol. The first-order valence-corrected chi connectivity index (χ1v) is 10.3. The minimum atomic E-state index is -0.330. The Morgan fingerprint density at radius 3 is 2.69 bits per heavy atom. The monoisotopic (exact) mass is 449 g/mol. The molecule has 0 saturated carbocycles. The second-order valence-corrected chi connectivity index (χ2v) is 7.46. The molecule has 0 radical (unpaired) electrons. The maximum Gasteiger partial charge on any atom is 0.262 e. The van der Waals surface area contributed by atoms with Gasteiger partial charge in [-0.1, -0.05) is 35.9 Å². The van der Waals surface area contributed by atoms with Crippen LogP contribution in [0.4, 0.5) is 5.69 Å². The standard InChI is InChI=1S/C24H20ClN3O4/c1-16-9-10-17(27-23(29)15-32-20-7-3-2-6-19(20)25)12-21(16)31-14-18-13-24(30)28-11-5-4-8-22(28)26-18/h2-13H,14-15H2,1H3,(H,27,29). The summed E-state index contributed by atoms with van der Waals surface area (Å²) in [6.45, 7) is 1.83. The van der Waals surface area contributed by atoms with Crippen molar-refractivity contribution in [3.8, 4) is 11.5 Å². The molecular weight excluding hydrogens is 430 g/mol. The topological polar surface area (TPSA) is 81.9 Å². The summed E-state index contributed by atoms with van der Waals surface area (Å²) in [7, 11) is 0. The second kappa shape index (κ2) is 9.53. The first-order chi connectivity index (χ1) is 15.5. The predicted octanol–water partition coefficient (Wildman–Crippen LogP) is 4.25. The highest BCUT2D eigenvalue weighted by Gasteiger charge is 2.09. The van der Waals surface area contributed by atoms with Crippen molar-refractivity contribution in [3.05, 3.63) is 99.6 Å². The molecular formula is C24H20ClN3O4. The van der Waals surface area contributed by atoms with Gasteiger partial charge in [-0.2, -0.15) is 0 Å². The number of nitrogens with one attached hydrogen (secondary N) is 1.